The average Bonchev–Trinajstić information content (AvgIpc) is 2.03. The van der Waals surface area contributed by atoms with Gasteiger partial charge in [-0.25, -0.2) is 0 Å². The molecule has 0 aliphatic rings. The molecule has 0 radical (unpaired) electrons. The second-order valence-corrected chi connectivity index (χ2v) is 2.92. The number of aliphatic hydroxyl groups excluding tert-OH is 1. The third-order valence-electron chi connectivity index (χ3n) is 1.39. The van der Waals surface area contributed by atoms with Crippen LogP contribution in [0.3, 0.4) is 0 Å². The lowest BCUT2D eigenvalue weighted by Gasteiger charge is -2.01. The molecule has 0 aliphatic heterocycles. The highest BCUT2D eigenvalue weighted by atomic mass is 32.1. The summed E-state index contributed by atoms with van der Waals surface area (Å²) < 4.78 is 5.29. The van der Waals surface area contributed by atoms with Gasteiger partial charge in [-0.15, -0.1) is 0 Å². The summed E-state index contributed by atoms with van der Waals surface area (Å²) in [6.45, 7) is 1.90. The van der Waals surface area contributed by atoms with Gasteiger partial charge in [-0.2, -0.15) is 12.6 Å². The van der Waals surface area contributed by atoms with Crippen molar-refractivity contribution in [3.8, 4) is 0 Å². The minimum absolute atomic E-state index is 0.278. The Balaban J connectivity index is 2.69. The molecular formula is C8H18O2S. The maximum Gasteiger partial charge on any atom is 0.0466 e. The van der Waals surface area contributed by atoms with E-state index in [-0.39, 0.29) is 6.61 Å². The third kappa shape index (κ3) is 10.3. The number of rotatable bonds is 8. The first kappa shape index (κ1) is 11.3. The fourth-order valence-electron chi connectivity index (χ4n) is 0.734. The summed E-state index contributed by atoms with van der Waals surface area (Å²) in [5, 5.41) is 8.44. The normalized spacial score (nSPS) is 10.4. The maximum absolute atomic E-state index is 8.44. The number of thiol groups is 1. The molecule has 0 saturated carbocycles. The second-order valence-electron chi connectivity index (χ2n) is 2.47. The van der Waals surface area contributed by atoms with E-state index >= 15 is 0 Å². The summed E-state index contributed by atoms with van der Waals surface area (Å²) in [7, 11) is 0. The van der Waals surface area contributed by atoms with Gasteiger partial charge in [0.05, 0.1) is 0 Å². The van der Waals surface area contributed by atoms with Crippen LogP contribution in [0.2, 0.25) is 0 Å². The molecule has 0 heterocycles. The van der Waals surface area contributed by atoms with Crippen molar-refractivity contribution < 1.29 is 9.84 Å². The van der Waals surface area contributed by atoms with Crippen molar-refractivity contribution in [2.45, 2.75) is 25.7 Å². The topological polar surface area (TPSA) is 29.5 Å². The predicted molar refractivity (Wildman–Crippen MR) is 50.2 cm³/mol. The zero-order valence-electron chi connectivity index (χ0n) is 6.96. The molecule has 0 fully saturated rings. The Kier molecular flexibility index (Phi) is 10.5. The number of hydrogen-bond donors (Lipinski definition) is 2. The van der Waals surface area contributed by atoms with Gasteiger partial charge >= 0.3 is 0 Å². The maximum atomic E-state index is 8.44. The Bertz CT molecular complexity index is 61.1. The monoisotopic (exact) mass is 178 g/mol. The van der Waals surface area contributed by atoms with Crippen LogP contribution in [0, 0.1) is 0 Å². The first-order chi connectivity index (χ1) is 5.41. The molecule has 0 aromatic rings. The van der Waals surface area contributed by atoms with Gasteiger partial charge in [0.15, 0.2) is 0 Å². The highest BCUT2D eigenvalue weighted by Gasteiger charge is 1.88. The lowest BCUT2D eigenvalue weighted by atomic mass is 10.3. The van der Waals surface area contributed by atoms with Crippen molar-refractivity contribution in [1.82, 2.24) is 0 Å². The third-order valence-corrected chi connectivity index (χ3v) is 1.71. The smallest absolute Gasteiger partial charge is 0.0466 e. The van der Waals surface area contributed by atoms with Gasteiger partial charge in [0, 0.05) is 19.8 Å². The van der Waals surface area contributed by atoms with Crippen LogP contribution < -0.4 is 0 Å². The molecule has 2 nitrogen and oxygen atoms in total. The predicted octanol–water partition coefficient (Wildman–Crippen LogP) is 1.49. The summed E-state index contributed by atoms with van der Waals surface area (Å²) in [4.78, 5) is 0. The van der Waals surface area contributed by atoms with Gasteiger partial charge in [0.25, 0.3) is 0 Å². The molecule has 0 amide bonds. The quantitative estimate of drug-likeness (QED) is 0.435. The standard InChI is InChI=1S/C8H18O2S/c9-5-1-2-6-10-7-3-4-8-11/h9,11H,1-8H2. The lowest BCUT2D eigenvalue weighted by Crippen LogP contribution is -1.98. The second kappa shape index (κ2) is 10.3. The Hall–Kier alpha value is 0.270. The van der Waals surface area contributed by atoms with Crippen LogP contribution in [-0.2, 0) is 4.74 Å². The van der Waals surface area contributed by atoms with Gasteiger partial charge in [-0.05, 0) is 31.4 Å². The van der Waals surface area contributed by atoms with E-state index in [1.165, 1.54) is 0 Å². The van der Waals surface area contributed by atoms with Crippen molar-refractivity contribution in [3.63, 3.8) is 0 Å². The van der Waals surface area contributed by atoms with Gasteiger partial charge in [-0.1, -0.05) is 0 Å². The zero-order valence-corrected chi connectivity index (χ0v) is 7.85. The number of hydrogen-bond acceptors (Lipinski definition) is 3. The number of ether oxygens (including phenoxy) is 1. The zero-order chi connectivity index (χ0) is 8.36. The summed E-state index contributed by atoms with van der Waals surface area (Å²) in [6, 6.07) is 0. The molecule has 3 heteroatoms. The van der Waals surface area contributed by atoms with Crippen molar-refractivity contribution in [2.75, 3.05) is 25.6 Å². The minimum Gasteiger partial charge on any atom is -0.396 e. The molecule has 0 bridgehead atoms. The van der Waals surface area contributed by atoms with Gasteiger partial charge in [0.2, 0.25) is 0 Å². The van der Waals surface area contributed by atoms with Crippen molar-refractivity contribution in [1.29, 1.82) is 0 Å². The molecule has 68 valence electrons. The molecule has 0 aromatic heterocycles. The van der Waals surface area contributed by atoms with Crippen molar-refractivity contribution in [2.24, 2.45) is 0 Å². The van der Waals surface area contributed by atoms with E-state index < -0.39 is 0 Å². The van der Waals surface area contributed by atoms with E-state index in [1.807, 2.05) is 0 Å². The first-order valence-corrected chi connectivity index (χ1v) is 4.84. The lowest BCUT2D eigenvalue weighted by molar-refractivity contribution is 0.122. The summed E-state index contributed by atoms with van der Waals surface area (Å²) in [5.41, 5.74) is 0. The van der Waals surface area contributed by atoms with E-state index in [0.29, 0.717) is 0 Å². The largest absolute Gasteiger partial charge is 0.396 e. The molecule has 0 saturated heterocycles. The van der Waals surface area contributed by atoms with Crippen LogP contribution in [0.5, 0.6) is 0 Å². The first-order valence-electron chi connectivity index (χ1n) is 4.21. The van der Waals surface area contributed by atoms with Crippen LogP contribution in [0.1, 0.15) is 25.7 Å². The molecule has 1 N–H and O–H groups in total. The molecule has 0 aliphatic carbocycles. The van der Waals surface area contributed by atoms with Crippen molar-refractivity contribution in [3.05, 3.63) is 0 Å². The van der Waals surface area contributed by atoms with Crippen LogP contribution in [0.25, 0.3) is 0 Å². The Labute approximate surface area is 74.4 Å². The Morgan fingerprint density at radius 2 is 1.64 bits per heavy atom. The van der Waals surface area contributed by atoms with E-state index in [0.717, 1.165) is 44.6 Å². The SMILES string of the molecule is OCCCCOCCCCS. The molecule has 0 atom stereocenters. The molecule has 0 aromatic carbocycles. The molecule has 0 unspecified atom stereocenters. The van der Waals surface area contributed by atoms with Crippen LogP contribution in [0.15, 0.2) is 0 Å². The van der Waals surface area contributed by atoms with E-state index in [2.05, 4.69) is 12.6 Å². The summed E-state index contributed by atoms with van der Waals surface area (Å²) in [6.07, 6.45) is 4.05. The Morgan fingerprint density at radius 1 is 1.00 bits per heavy atom. The van der Waals surface area contributed by atoms with Crippen molar-refractivity contribution >= 4 is 12.6 Å². The molecular weight excluding hydrogens is 160 g/mol. The summed E-state index contributed by atoms with van der Waals surface area (Å²) in [5.74, 6) is 0.944. The number of unbranched alkanes of at least 4 members (excludes halogenated alkanes) is 2. The van der Waals surface area contributed by atoms with Crippen LogP contribution in [-0.4, -0.2) is 30.7 Å². The van der Waals surface area contributed by atoms with E-state index in [9.17, 15) is 0 Å². The molecule has 0 spiro atoms. The average molecular weight is 178 g/mol. The van der Waals surface area contributed by atoms with Gasteiger partial charge in [-0.3, -0.25) is 0 Å². The molecule has 11 heavy (non-hydrogen) atoms. The fourth-order valence-corrected chi connectivity index (χ4v) is 0.958. The van der Waals surface area contributed by atoms with E-state index in [4.69, 9.17) is 9.84 Å². The van der Waals surface area contributed by atoms with Gasteiger partial charge in [0.1, 0.15) is 0 Å². The van der Waals surface area contributed by atoms with Crippen LogP contribution in [0.4, 0.5) is 0 Å². The summed E-state index contributed by atoms with van der Waals surface area (Å²) >= 11 is 4.09. The fraction of sp³-hybridized carbons (Fsp3) is 1.00. The highest BCUT2D eigenvalue weighted by Crippen LogP contribution is 1.94. The minimum atomic E-state index is 0.278. The highest BCUT2D eigenvalue weighted by molar-refractivity contribution is 7.80. The van der Waals surface area contributed by atoms with E-state index in [1.54, 1.807) is 0 Å². The number of aliphatic hydroxyl groups is 1. The molecule has 0 rings (SSSR count). The Morgan fingerprint density at radius 3 is 2.18 bits per heavy atom. The van der Waals surface area contributed by atoms with Crippen LogP contribution >= 0.6 is 12.6 Å². The van der Waals surface area contributed by atoms with Gasteiger partial charge < -0.3 is 9.84 Å².